The second kappa shape index (κ2) is 23.2. The summed E-state index contributed by atoms with van der Waals surface area (Å²) in [7, 11) is 0. The third-order valence-corrected chi connectivity index (χ3v) is 22.6. The number of fused-ring (bicyclic) bond motifs is 16. The van der Waals surface area contributed by atoms with Crippen LogP contribution in [0, 0.1) is 18.3 Å². The summed E-state index contributed by atoms with van der Waals surface area (Å²) < 4.78 is 9.95. The summed E-state index contributed by atoms with van der Waals surface area (Å²) in [6.07, 6.45) is 0. The molecule has 492 valence electrons. The number of anilines is 6. The Labute approximate surface area is 612 Å². The minimum atomic E-state index is -0.288. The van der Waals surface area contributed by atoms with Crippen LogP contribution in [-0.4, -0.2) is 25.0 Å². The molecule has 106 heavy (non-hydrogen) atoms. The van der Waals surface area contributed by atoms with Gasteiger partial charge in [0.2, 0.25) is 0 Å². The van der Waals surface area contributed by atoms with Gasteiger partial charge in [0.15, 0.2) is 0 Å². The van der Waals surface area contributed by atoms with Crippen molar-refractivity contribution < 1.29 is 0 Å². The van der Waals surface area contributed by atoms with Crippen LogP contribution < -0.4 is 26.2 Å². The van der Waals surface area contributed by atoms with Crippen LogP contribution in [0.3, 0.4) is 0 Å². The van der Waals surface area contributed by atoms with Gasteiger partial charge in [-0.2, -0.15) is 5.26 Å². The van der Waals surface area contributed by atoms with E-state index in [2.05, 4.69) is 387 Å². The standard InChI is InChI=1S/C98H62BN7/c1-62-47-53-90(78(55-62)65-27-6-3-7-28-65)105-94-58-67(101-85-41-19-15-36-77(85)79-56-63(61-100)48-54-91(79)101)50-52-81(94)99-80-51-49-66(70-37-24-46-92(103-86-42-20-11-32-73(86)74-33-12-21-43-87(74)103)98(70)106-88-44-22-13-34-75(88)76-35-14-23-45-89(76)106)57-93(80)104(82-38-16-8-29-69(82)64-25-4-2-5-26-64)95-59-68(60-96(105)97(95)99)102-83-39-17-9-30-71(83)72-31-10-18-40-84(72)102/h2-60H,1H3. The largest absolute Gasteiger partial charge is 0.311 e. The molecule has 0 radical (unpaired) electrons. The summed E-state index contributed by atoms with van der Waals surface area (Å²) in [5.41, 5.74) is 31.6. The van der Waals surface area contributed by atoms with E-state index in [9.17, 15) is 5.26 Å². The van der Waals surface area contributed by atoms with E-state index >= 15 is 0 Å². The Morgan fingerprint density at radius 1 is 0.255 bits per heavy atom. The van der Waals surface area contributed by atoms with Gasteiger partial charge in [0, 0.05) is 88.2 Å². The van der Waals surface area contributed by atoms with Crippen LogP contribution in [0.2, 0.25) is 0 Å². The fraction of sp³-hybridized carbons (Fsp3) is 0.0102. The molecule has 7 nitrogen and oxygen atoms in total. The maximum Gasteiger partial charge on any atom is 0.252 e. The highest BCUT2D eigenvalue weighted by Gasteiger charge is 2.45. The molecule has 0 spiro atoms. The van der Waals surface area contributed by atoms with Crippen molar-refractivity contribution in [1.82, 2.24) is 18.3 Å². The van der Waals surface area contributed by atoms with Crippen molar-refractivity contribution in [3.05, 3.63) is 369 Å². The van der Waals surface area contributed by atoms with Crippen LogP contribution in [0.25, 0.3) is 143 Å². The average Bonchev–Trinajstić information content (AvgIpc) is 1.03. The quantitative estimate of drug-likeness (QED) is 0.135. The van der Waals surface area contributed by atoms with Crippen LogP contribution in [0.5, 0.6) is 0 Å². The molecule has 22 rings (SSSR count). The normalized spacial score (nSPS) is 12.5. The maximum absolute atomic E-state index is 10.4. The molecule has 0 fully saturated rings. The summed E-state index contributed by atoms with van der Waals surface area (Å²) in [5.74, 6) is 0. The van der Waals surface area contributed by atoms with E-state index in [1.165, 1.54) is 54.3 Å². The highest BCUT2D eigenvalue weighted by Crippen LogP contribution is 2.52. The molecule has 0 unspecified atom stereocenters. The van der Waals surface area contributed by atoms with Gasteiger partial charge in [-0.1, -0.05) is 248 Å². The Kier molecular flexibility index (Phi) is 13.0. The van der Waals surface area contributed by atoms with Gasteiger partial charge in [-0.3, -0.25) is 0 Å². The minimum Gasteiger partial charge on any atom is -0.311 e. The van der Waals surface area contributed by atoms with Crippen molar-refractivity contribution in [2.24, 2.45) is 0 Å². The molecule has 0 N–H and O–H groups in total. The van der Waals surface area contributed by atoms with Gasteiger partial charge in [-0.05, 0) is 155 Å². The van der Waals surface area contributed by atoms with E-state index in [-0.39, 0.29) is 6.71 Å². The first kappa shape index (κ1) is 59.6. The molecule has 16 aromatic carbocycles. The zero-order chi connectivity index (χ0) is 69.8. The number of benzene rings is 16. The lowest BCUT2D eigenvalue weighted by molar-refractivity contribution is 1.10. The van der Waals surface area contributed by atoms with E-state index in [0.717, 1.165) is 145 Å². The highest BCUT2D eigenvalue weighted by atomic mass is 15.2. The number of nitrogens with zero attached hydrogens (tertiary/aromatic N) is 7. The fourth-order valence-corrected chi connectivity index (χ4v) is 18.2. The van der Waals surface area contributed by atoms with E-state index in [4.69, 9.17) is 0 Å². The summed E-state index contributed by atoms with van der Waals surface area (Å²) in [5, 5.41) is 19.7. The second-order valence-electron chi connectivity index (χ2n) is 28.3. The van der Waals surface area contributed by atoms with E-state index in [0.29, 0.717) is 5.56 Å². The summed E-state index contributed by atoms with van der Waals surface area (Å²) in [4.78, 5) is 5.23. The average molecular weight is 1350 g/mol. The molecule has 0 saturated carbocycles. The lowest BCUT2D eigenvalue weighted by atomic mass is 9.33. The lowest BCUT2D eigenvalue weighted by Crippen LogP contribution is -2.61. The summed E-state index contributed by atoms with van der Waals surface area (Å²) in [6.45, 7) is 1.92. The van der Waals surface area contributed by atoms with E-state index in [1.807, 2.05) is 12.1 Å². The Morgan fingerprint density at radius 2 is 0.670 bits per heavy atom. The van der Waals surface area contributed by atoms with Crippen molar-refractivity contribution in [2.75, 3.05) is 9.80 Å². The number of hydrogen-bond donors (Lipinski definition) is 0. The first-order chi connectivity index (χ1) is 52.5. The molecule has 2 aliphatic rings. The zero-order valence-electron chi connectivity index (χ0n) is 57.8. The predicted molar refractivity (Wildman–Crippen MR) is 444 cm³/mol. The van der Waals surface area contributed by atoms with Gasteiger partial charge < -0.3 is 28.1 Å². The zero-order valence-corrected chi connectivity index (χ0v) is 57.8. The van der Waals surface area contributed by atoms with Crippen LogP contribution in [0.4, 0.5) is 34.1 Å². The first-order valence-corrected chi connectivity index (χ1v) is 36.4. The SMILES string of the molecule is Cc1ccc(N2c3cc(-n4c5ccccc5c5cc(C#N)ccc54)ccc3B3c4ccc(-c5cccc(-n6c7ccccc7c7ccccc76)c5-n5c6ccccc6c6ccccc65)cc4N(c4ccccc4-c4ccccc4)c4cc(-n5c6ccccc6c6ccccc65)cc2c43)c(-c2ccccc2)c1. The Balaban J connectivity index is 0.893. The maximum atomic E-state index is 10.4. The van der Waals surface area contributed by atoms with Gasteiger partial charge in [-0.15, -0.1) is 0 Å². The molecule has 8 heteroatoms. The molecule has 0 bridgehead atoms. The topological polar surface area (TPSA) is 50.0 Å². The Bertz CT molecular complexity index is 6990. The van der Waals surface area contributed by atoms with Crippen LogP contribution in [0.15, 0.2) is 358 Å². The van der Waals surface area contributed by atoms with Gasteiger partial charge in [0.1, 0.15) is 0 Å². The Hall–Kier alpha value is -14.1. The predicted octanol–water partition coefficient (Wildman–Crippen LogP) is 23.3. The molecular formula is C98H62BN7. The van der Waals surface area contributed by atoms with E-state index < -0.39 is 0 Å². The molecule has 0 atom stereocenters. The number of aromatic nitrogens is 4. The number of nitriles is 1. The number of rotatable bonds is 9. The molecule has 0 amide bonds. The molecule has 4 aromatic heterocycles. The van der Waals surface area contributed by atoms with Crippen molar-refractivity contribution in [3.63, 3.8) is 0 Å². The van der Waals surface area contributed by atoms with E-state index in [1.54, 1.807) is 0 Å². The molecule has 20 aromatic rings. The summed E-state index contributed by atoms with van der Waals surface area (Å²) in [6, 6.07) is 135. The number of hydrogen-bond acceptors (Lipinski definition) is 3. The van der Waals surface area contributed by atoms with Crippen molar-refractivity contribution >= 4 is 144 Å². The third kappa shape index (κ3) is 8.69. The summed E-state index contributed by atoms with van der Waals surface area (Å²) >= 11 is 0. The molecule has 6 heterocycles. The number of aryl methyl sites for hydroxylation is 1. The van der Waals surface area contributed by atoms with Crippen LogP contribution in [-0.2, 0) is 0 Å². The third-order valence-electron chi connectivity index (χ3n) is 22.6. The molecule has 2 aliphatic heterocycles. The first-order valence-electron chi connectivity index (χ1n) is 36.4. The molecular weight excluding hydrogens is 1290 g/mol. The number of para-hydroxylation sites is 9. The smallest absolute Gasteiger partial charge is 0.252 e. The van der Waals surface area contributed by atoms with Crippen LogP contribution in [0.1, 0.15) is 11.1 Å². The minimum absolute atomic E-state index is 0.288. The van der Waals surface area contributed by atoms with Gasteiger partial charge in [0.05, 0.1) is 84.2 Å². The molecule has 0 saturated heterocycles. The second-order valence-corrected chi connectivity index (χ2v) is 28.3. The van der Waals surface area contributed by atoms with Crippen molar-refractivity contribution in [1.29, 1.82) is 5.26 Å². The van der Waals surface area contributed by atoms with Gasteiger partial charge >= 0.3 is 0 Å². The van der Waals surface area contributed by atoms with Gasteiger partial charge in [-0.25, -0.2) is 0 Å². The Morgan fingerprint density at radius 3 is 1.23 bits per heavy atom. The van der Waals surface area contributed by atoms with Crippen molar-refractivity contribution in [3.8, 4) is 62.2 Å². The van der Waals surface area contributed by atoms with Crippen LogP contribution >= 0.6 is 0 Å². The van der Waals surface area contributed by atoms with Crippen molar-refractivity contribution in [2.45, 2.75) is 6.92 Å². The molecule has 0 aliphatic carbocycles. The highest BCUT2D eigenvalue weighted by molar-refractivity contribution is 7.00. The monoisotopic (exact) mass is 1350 g/mol. The van der Waals surface area contributed by atoms with Gasteiger partial charge in [0.25, 0.3) is 6.71 Å². The fourth-order valence-electron chi connectivity index (χ4n) is 18.2. The lowest BCUT2D eigenvalue weighted by Gasteiger charge is -2.45.